The van der Waals surface area contributed by atoms with Crippen molar-refractivity contribution >= 4 is 30.1 Å². The molecule has 0 aromatic heterocycles. The summed E-state index contributed by atoms with van der Waals surface area (Å²) >= 11 is 1.95. The van der Waals surface area contributed by atoms with Crippen LogP contribution >= 0.6 is 24.2 Å². The van der Waals surface area contributed by atoms with Crippen LogP contribution in [0.5, 0.6) is 0 Å². The standard InChI is InChI=1S/C9H16N2OS.ClH/c12-9(8-1-2-10-7-8)11-3-5-13-6-4-11;/h8,10H,1-7H2;1H/t8-;/m1./s1. The topological polar surface area (TPSA) is 32.3 Å². The summed E-state index contributed by atoms with van der Waals surface area (Å²) in [7, 11) is 0. The zero-order chi connectivity index (χ0) is 9.10. The van der Waals surface area contributed by atoms with Gasteiger partial charge in [-0.1, -0.05) is 0 Å². The lowest BCUT2D eigenvalue weighted by Crippen LogP contribution is -2.42. The Hall–Kier alpha value is 0.0700. The first kappa shape index (κ1) is 12.1. The molecule has 0 unspecified atom stereocenters. The van der Waals surface area contributed by atoms with E-state index in [2.05, 4.69) is 5.32 Å². The van der Waals surface area contributed by atoms with Crippen LogP contribution in [-0.4, -0.2) is 48.5 Å². The molecule has 14 heavy (non-hydrogen) atoms. The lowest BCUT2D eigenvalue weighted by molar-refractivity contribution is -0.134. The van der Waals surface area contributed by atoms with Gasteiger partial charge in [-0.3, -0.25) is 4.79 Å². The molecule has 2 rings (SSSR count). The predicted octanol–water partition coefficient (Wildman–Crippen LogP) is 0.593. The molecule has 0 spiro atoms. The second-order valence-corrected chi connectivity index (χ2v) is 4.85. The molecule has 0 aromatic carbocycles. The lowest BCUT2D eigenvalue weighted by Gasteiger charge is -2.28. The summed E-state index contributed by atoms with van der Waals surface area (Å²) in [5.41, 5.74) is 0. The highest BCUT2D eigenvalue weighted by molar-refractivity contribution is 7.99. The van der Waals surface area contributed by atoms with E-state index in [-0.39, 0.29) is 18.3 Å². The predicted molar refractivity (Wildman–Crippen MR) is 62.1 cm³/mol. The van der Waals surface area contributed by atoms with E-state index in [0.29, 0.717) is 5.91 Å². The lowest BCUT2D eigenvalue weighted by atomic mass is 10.1. The summed E-state index contributed by atoms with van der Waals surface area (Å²) in [5, 5.41) is 3.24. The van der Waals surface area contributed by atoms with Crippen molar-refractivity contribution in [1.29, 1.82) is 0 Å². The monoisotopic (exact) mass is 236 g/mol. The van der Waals surface area contributed by atoms with Gasteiger partial charge >= 0.3 is 0 Å². The molecule has 5 heteroatoms. The molecule has 0 saturated carbocycles. The van der Waals surface area contributed by atoms with Crippen molar-refractivity contribution < 1.29 is 4.79 Å². The fourth-order valence-corrected chi connectivity index (χ4v) is 2.81. The summed E-state index contributed by atoms with van der Waals surface area (Å²) < 4.78 is 0. The fraction of sp³-hybridized carbons (Fsp3) is 0.889. The molecule has 2 aliphatic rings. The van der Waals surface area contributed by atoms with Crippen molar-refractivity contribution in [2.75, 3.05) is 37.7 Å². The Bertz CT molecular complexity index is 191. The van der Waals surface area contributed by atoms with Gasteiger partial charge in [-0.05, 0) is 13.0 Å². The van der Waals surface area contributed by atoms with Gasteiger partial charge < -0.3 is 10.2 Å². The average Bonchev–Trinajstić information content (AvgIpc) is 2.71. The van der Waals surface area contributed by atoms with Crippen LogP contribution in [0.1, 0.15) is 6.42 Å². The molecular weight excluding hydrogens is 220 g/mol. The summed E-state index contributed by atoms with van der Waals surface area (Å²) in [5.74, 6) is 2.88. The van der Waals surface area contributed by atoms with Crippen LogP contribution in [0.2, 0.25) is 0 Å². The Morgan fingerprint density at radius 2 is 2.07 bits per heavy atom. The Balaban J connectivity index is 0.000000980. The third kappa shape index (κ3) is 2.78. The molecule has 82 valence electrons. The molecule has 1 amide bonds. The number of halogens is 1. The Morgan fingerprint density at radius 1 is 1.36 bits per heavy atom. The van der Waals surface area contributed by atoms with E-state index in [1.165, 1.54) is 0 Å². The highest BCUT2D eigenvalue weighted by Gasteiger charge is 2.27. The molecule has 3 nitrogen and oxygen atoms in total. The normalized spacial score (nSPS) is 27.1. The van der Waals surface area contributed by atoms with E-state index in [1.807, 2.05) is 16.7 Å². The molecule has 1 N–H and O–H groups in total. The van der Waals surface area contributed by atoms with Crippen LogP contribution < -0.4 is 5.32 Å². The zero-order valence-electron chi connectivity index (χ0n) is 8.20. The fourth-order valence-electron chi connectivity index (χ4n) is 1.91. The number of rotatable bonds is 1. The average molecular weight is 237 g/mol. The van der Waals surface area contributed by atoms with E-state index in [9.17, 15) is 4.79 Å². The number of nitrogens with one attached hydrogen (secondary N) is 1. The van der Waals surface area contributed by atoms with Crippen LogP contribution in [0.25, 0.3) is 0 Å². The Labute approximate surface area is 95.4 Å². The van der Waals surface area contributed by atoms with Crippen LogP contribution in [0.4, 0.5) is 0 Å². The van der Waals surface area contributed by atoms with Crippen molar-refractivity contribution in [3.63, 3.8) is 0 Å². The number of hydrogen-bond acceptors (Lipinski definition) is 3. The van der Waals surface area contributed by atoms with Gasteiger partial charge in [0.1, 0.15) is 0 Å². The summed E-state index contributed by atoms with van der Waals surface area (Å²) in [4.78, 5) is 13.9. The van der Waals surface area contributed by atoms with Gasteiger partial charge in [0.25, 0.3) is 0 Å². The van der Waals surface area contributed by atoms with Gasteiger partial charge in [-0.15, -0.1) is 12.4 Å². The van der Waals surface area contributed by atoms with Gasteiger partial charge in [-0.2, -0.15) is 11.8 Å². The maximum absolute atomic E-state index is 11.9. The molecule has 2 saturated heterocycles. The highest BCUT2D eigenvalue weighted by Crippen LogP contribution is 2.15. The van der Waals surface area contributed by atoms with Gasteiger partial charge in [0, 0.05) is 31.1 Å². The number of nitrogens with zero attached hydrogens (tertiary/aromatic N) is 1. The van der Waals surface area contributed by atoms with Crippen LogP contribution in [0.15, 0.2) is 0 Å². The largest absolute Gasteiger partial charge is 0.341 e. The van der Waals surface area contributed by atoms with E-state index in [0.717, 1.165) is 44.1 Å². The van der Waals surface area contributed by atoms with Crippen molar-refractivity contribution in [1.82, 2.24) is 10.2 Å². The smallest absolute Gasteiger partial charge is 0.227 e. The molecule has 2 fully saturated rings. The summed E-state index contributed by atoms with van der Waals surface area (Å²) in [6.45, 7) is 3.82. The number of amides is 1. The first-order valence-corrected chi connectivity index (χ1v) is 6.10. The highest BCUT2D eigenvalue weighted by atomic mass is 35.5. The van der Waals surface area contributed by atoms with Gasteiger partial charge in [-0.25, -0.2) is 0 Å². The van der Waals surface area contributed by atoms with Crippen LogP contribution in [0.3, 0.4) is 0 Å². The molecule has 0 radical (unpaired) electrons. The SMILES string of the molecule is Cl.O=C([C@@H]1CCNC1)N1CCSCC1. The molecule has 0 bridgehead atoms. The van der Waals surface area contributed by atoms with E-state index >= 15 is 0 Å². The van der Waals surface area contributed by atoms with Crippen molar-refractivity contribution in [2.45, 2.75) is 6.42 Å². The third-order valence-corrected chi connectivity index (χ3v) is 3.67. The van der Waals surface area contributed by atoms with Crippen LogP contribution in [0, 0.1) is 5.92 Å². The van der Waals surface area contributed by atoms with E-state index in [4.69, 9.17) is 0 Å². The molecule has 1 atom stereocenters. The minimum Gasteiger partial charge on any atom is -0.341 e. The summed E-state index contributed by atoms with van der Waals surface area (Å²) in [6, 6.07) is 0. The molecule has 0 aliphatic carbocycles. The summed E-state index contributed by atoms with van der Waals surface area (Å²) in [6.07, 6.45) is 1.03. The number of carbonyl (C=O) groups excluding carboxylic acids is 1. The first-order chi connectivity index (χ1) is 6.38. The van der Waals surface area contributed by atoms with Crippen molar-refractivity contribution in [2.24, 2.45) is 5.92 Å². The number of carbonyl (C=O) groups is 1. The van der Waals surface area contributed by atoms with Crippen molar-refractivity contribution in [3.05, 3.63) is 0 Å². The number of hydrogen-bond donors (Lipinski definition) is 1. The maximum Gasteiger partial charge on any atom is 0.227 e. The Morgan fingerprint density at radius 3 is 2.64 bits per heavy atom. The van der Waals surface area contributed by atoms with Crippen molar-refractivity contribution in [3.8, 4) is 0 Å². The number of thioether (sulfide) groups is 1. The maximum atomic E-state index is 11.9. The molecular formula is C9H17ClN2OS. The van der Waals surface area contributed by atoms with Gasteiger partial charge in [0.2, 0.25) is 5.91 Å². The third-order valence-electron chi connectivity index (χ3n) is 2.73. The van der Waals surface area contributed by atoms with Crippen LogP contribution in [-0.2, 0) is 4.79 Å². The van der Waals surface area contributed by atoms with E-state index in [1.54, 1.807) is 0 Å². The molecule has 2 heterocycles. The first-order valence-electron chi connectivity index (χ1n) is 4.95. The quantitative estimate of drug-likeness (QED) is 0.724. The van der Waals surface area contributed by atoms with Gasteiger partial charge in [0.15, 0.2) is 0 Å². The molecule has 2 aliphatic heterocycles. The minimum atomic E-state index is 0. The van der Waals surface area contributed by atoms with E-state index < -0.39 is 0 Å². The second kappa shape index (κ2) is 5.83. The minimum absolute atomic E-state index is 0. The molecule has 0 aromatic rings. The zero-order valence-corrected chi connectivity index (χ0v) is 9.83. The Kier molecular flexibility index (Phi) is 5.06. The second-order valence-electron chi connectivity index (χ2n) is 3.63. The van der Waals surface area contributed by atoms with Gasteiger partial charge in [0.05, 0.1) is 5.92 Å².